The zero-order chi connectivity index (χ0) is 11.4. The van der Waals surface area contributed by atoms with Gasteiger partial charge in [0, 0.05) is 5.22 Å². The van der Waals surface area contributed by atoms with Crippen molar-refractivity contribution < 1.29 is 4.43 Å². The highest BCUT2D eigenvalue weighted by Crippen LogP contribution is 2.29. The molecule has 0 aliphatic carbocycles. The number of hydrogen-bond donors (Lipinski definition) is 0. The first-order chi connectivity index (χ1) is 6.29. The molecule has 1 unspecified atom stereocenters. The summed E-state index contributed by atoms with van der Waals surface area (Å²) < 4.78 is 6.21. The second-order valence-corrected chi connectivity index (χ2v) is 11.9. The van der Waals surface area contributed by atoms with Crippen LogP contribution in [0.2, 0.25) is 26.2 Å². The molecule has 0 aromatic rings. The minimum atomic E-state index is -1.51. The zero-order valence-corrected chi connectivity index (χ0v) is 12.6. The molecular formula is C11H24OSi2. The minimum Gasteiger partial charge on any atom is -0.418 e. The molecule has 0 N–H and O–H groups in total. The van der Waals surface area contributed by atoms with E-state index in [1.807, 2.05) is 0 Å². The van der Waals surface area contributed by atoms with Gasteiger partial charge in [-0.3, -0.25) is 0 Å². The Morgan fingerprint density at radius 3 is 2.29 bits per heavy atom. The molecule has 1 nitrogen and oxygen atoms in total. The van der Waals surface area contributed by atoms with Gasteiger partial charge in [0.05, 0.1) is 0 Å². The molecule has 0 aromatic carbocycles. The largest absolute Gasteiger partial charge is 0.418 e. The Bertz CT molecular complexity index is 229. The highest BCUT2D eigenvalue weighted by Gasteiger charge is 2.41. The molecule has 0 fully saturated rings. The van der Waals surface area contributed by atoms with Gasteiger partial charge in [-0.25, -0.2) is 0 Å². The normalized spacial score (nSPS) is 16.2. The van der Waals surface area contributed by atoms with Crippen molar-refractivity contribution in [3.63, 3.8) is 0 Å². The van der Waals surface area contributed by atoms with Crippen LogP contribution < -0.4 is 0 Å². The molecule has 82 valence electrons. The summed E-state index contributed by atoms with van der Waals surface area (Å²) in [5.41, 5.74) is 5.10. The van der Waals surface area contributed by atoms with Crippen LogP contribution in [0.3, 0.4) is 0 Å². The first-order valence-corrected chi connectivity index (χ1v) is 11.2. The SMILES string of the molecule is C=C=C[Si](C)(C)C(C)(CC)O[SiH](C)C. The molecule has 0 bridgehead atoms. The Kier molecular flexibility index (Phi) is 5.09. The average molecular weight is 228 g/mol. The predicted octanol–water partition coefficient (Wildman–Crippen LogP) is 3.28. The first-order valence-electron chi connectivity index (χ1n) is 5.34. The third-order valence-corrected chi connectivity index (χ3v) is 8.35. The fourth-order valence-electron chi connectivity index (χ4n) is 1.62. The first kappa shape index (κ1) is 13.9. The number of hydrogen-bond acceptors (Lipinski definition) is 1. The van der Waals surface area contributed by atoms with Crippen molar-refractivity contribution >= 4 is 17.1 Å². The van der Waals surface area contributed by atoms with Crippen LogP contribution in [0, 0.1) is 0 Å². The molecule has 0 aliphatic rings. The molecular weight excluding hydrogens is 204 g/mol. The Morgan fingerprint density at radius 1 is 1.50 bits per heavy atom. The van der Waals surface area contributed by atoms with Crippen molar-refractivity contribution in [1.29, 1.82) is 0 Å². The van der Waals surface area contributed by atoms with Gasteiger partial charge in [0.1, 0.15) is 8.07 Å². The summed E-state index contributed by atoms with van der Waals surface area (Å²) in [7, 11) is -2.48. The van der Waals surface area contributed by atoms with Gasteiger partial charge in [0.15, 0.2) is 9.04 Å². The molecule has 0 radical (unpaired) electrons. The fourth-order valence-corrected chi connectivity index (χ4v) is 6.47. The topological polar surface area (TPSA) is 9.23 Å². The fraction of sp³-hybridized carbons (Fsp3) is 0.727. The molecule has 0 spiro atoms. The van der Waals surface area contributed by atoms with Crippen LogP contribution in [0.25, 0.3) is 0 Å². The van der Waals surface area contributed by atoms with E-state index in [-0.39, 0.29) is 5.22 Å². The van der Waals surface area contributed by atoms with E-state index in [0.717, 1.165) is 6.42 Å². The molecule has 0 saturated carbocycles. The van der Waals surface area contributed by atoms with Crippen molar-refractivity contribution in [2.45, 2.75) is 51.7 Å². The van der Waals surface area contributed by atoms with Gasteiger partial charge in [0.25, 0.3) is 0 Å². The minimum absolute atomic E-state index is 0.0536. The standard InChI is InChI=1S/C11H24OSi2/c1-8-10-14(6,7)11(3,9-2)12-13(4)5/h10,13H,1,9H2,2-7H3. The van der Waals surface area contributed by atoms with Crippen LogP contribution >= 0.6 is 0 Å². The molecule has 0 rings (SSSR count). The van der Waals surface area contributed by atoms with Crippen LogP contribution in [-0.4, -0.2) is 22.3 Å². The lowest BCUT2D eigenvalue weighted by Gasteiger charge is -2.41. The van der Waals surface area contributed by atoms with Crippen LogP contribution in [0.5, 0.6) is 0 Å². The van der Waals surface area contributed by atoms with Crippen molar-refractivity contribution in [2.24, 2.45) is 0 Å². The smallest absolute Gasteiger partial charge is 0.171 e. The van der Waals surface area contributed by atoms with Gasteiger partial charge >= 0.3 is 0 Å². The van der Waals surface area contributed by atoms with Crippen molar-refractivity contribution in [3.8, 4) is 0 Å². The monoisotopic (exact) mass is 228 g/mol. The summed E-state index contributed by atoms with van der Waals surface area (Å²) in [4.78, 5) is 0. The lowest BCUT2D eigenvalue weighted by atomic mass is 10.3. The summed E-state index contributed by atoms with van der Waals surface area (Å²) in [5, 5.41) is 0.0536. The van der Waals surface area contributed by atoms with Crippen LogP contribution in [0.15, 0.2) is 18.0 Å². The third-order valence-electron chi connectivity index (χ3n) is 3.00. The molecule has 1 atom stereocenters. The van der Waals surface area contributed by atoms with Crippen molar-refractivity contribution in [2.75, 3.05) is 0 Å². The Balaban J connectivity index is 4.91. The molecule has 14 heavy (non-hydrogen) atoms. The van der Waals surface area contributed by atoms with E-state index < -0.39 is 17.1 Å². The van der Waals surface area contributed by atoms with E-state index in [9.17, 15) is 0 Å². The zero-order valence-electron chi connectivity index (χ0n) is 10.5. The van der Waals surface area contributed by atoms with Crippen LogP contribution in [-0.2, 0) is 4.43 Å². The van der Waals surface area contributed by atoms with E-state index in [2.05, 4.69) is 58.0 Å². The van der Waals surface area contributed by atoms with Gasteiger partial charge in [-0.1, -0.05) is 32.3 Å². The molecule has 0 saturated heterocycles. The van der Waals surface area contributed by atoms with E-state index >= 15 is 0 Å². The molecule has 0 aliphatic heterocycles. The van der Waals surface area contributed by atoms with E-state index in [0.29, 0.717) is 0 Å². The molecule has 0 heterocycles. The van der Waals surface area contributed by atoms with E-state index in [1.54, 1.807) is 0 Å². The lowest BCUT2D eigenvalue weighted by Crippen LogP contribution is -2.54. The highest BCUT2D eigenvalue weighted by molar-refractivity contribution is 6.85. The lowest BCUT2D eigenvalue weighted by molar-refractivity contribution is 0.162. The van der Waals surface area contributed by atoms with Gasteiger partial charge in [-0.2, -0.15) is 0 Å². The second kappa shape index (κ2) is 5.12. The summed E-state index contributed by atoms with van der Waals surface area (Å²) in [6.07, 6.45) is 1.08. The van der Waals surface area contributed by atoms with Crippen LogP contribution in [0.4, 0.5) is 0 Å². The number of rotatable bonds is 5. The maximum atomic E-state index is 6.21. The summed E-state index contributed by atoms with van der Waals surface area (Å²) >= 11 is 0. The molecule has 0 aromatic heterocycles. The van der Waals surface area contributed by atoms with Gasteiger partial charge in [0.2, 0.25) is 0 Å². The third kappa shape index (κ3) is 3.24. The van der Waals surface area contributed by atoms with Gasteiger partial charge in [-0.05, 0) is 26.4 Å². The average Bonchev–Trinajstić information content (AvgIpc) is 2.02. The van der Waals surface area contributed by atoms with Crippen LogP contribution in [0.1, 0.15) is 20.3 Å². The van der Waals surface area contributed by atoms with Crippen molar-refractivity contribution in [1.82, 2.24) is 0 Å². The summed E-state index contributed by atoms with van der Waals surface area (Å²) in [6, 6.07) is 0. The Morgan fingerprint density at radius 2 is 2.00 bits per heavy atom. The molecule has 0 amide bonds. The highest BCUT2D eigenvalue weighted by atomic mass is 28.3. The molecule has 3 heteroatoms. The summed E-state index contributed by atoms with van der Waals surface area (Å²) in [6.45, 7) is 17.3. The Labute approximate surface area is 91.6 Å². The second-order valence-electron chi connectivity index (χ2n) is 4.82. The maximum Gasteiger partial charge on any atom is 0.171 e. The van der Waals surface area contributed by atoms with E-state index in [1.165, 1.54) is 0 Å². The van der Waals surface area contributed by atoms with E-state index in [4.69, 9.17) is 4.43 Å². The maximum absolute atomic E-state index is 6.21. The van der Waals surface area contributed by atoms with Crippen molar-refractivity contribution in [3.05, 3.63) is 18.0 Å². The van der Waals surface area contributed by atoms with Gasteiger partial charge < -0.3 is 4.43 Å². The Hall–Kier alpha value is -0.0862. The predicted molar refractivity (Wildman–Crippen MR) is 69.9 cm³/mol. The quantitative estimate of drug-likeness (QED) is 0.518. The van der Waals surface area contributed by atoms with Gasteiger partial charge in [-0.15, -0.1) is 5.73 Å². The summed E-state index contributed by atoms with van der Waals surface area (Å²) in [5.74, 6) is 0.